The van der Waals surface area contributed by atoms with Crippen molar-refractivity contribution in [1.29, 1.82) is 0 Å². The summed E-state index contributed by atoms with van der Waals surface area (Å²) in [5.74, 6) is 0.958. The van der Waals surface area contributed by atoms with Gasteiger partial charge in [-0.15, -0.1) is 0 Å². The van der Waals surface area contributed by atoms with Gasteiger partial charge in [-0.25, -0.2) is 14.2 Å². The van der Waals surface area contributed by atoms with Gasteiger partial charge in [-0.05, 0) is 31.9 Å². The van der Waals surface area contributed by atoms with Crippen LogP contribution in [0.25, 0.3) is 0 Å². The monoisotopic (exact) mass is 291 g/mol. The van der Waals surface area contributed by atoms with Crippen molar-refractivity contribution in [2.24, 2.45) is 0 Å². The number of halogens is 1. The summed E-state index contributed by atoms with van der Waals surface area (Å²) >= 11 is 0. The van der Waals surface area contributed by atoms with Gasteiger partial charge in [-0.2, -0.15) is 5.10 Å². The Kier molecular flexibility index (Phi) is 4.86. The topological polar surface area (TPSA) is 82.7 Å². The third-order valence-corrected chi connectivity index (χ3v) is 2.99. The van der Waals surface area contributed by atoms with Crippen LogP contribution in [-0.2, 0) is 6.42 Å². The first-order valence-electron chi connectivity index (χ1n) is 6.73. The summed E-state index contributed by atoms with van der Waals surface area (Å²) in [6.45, 7) is 3.93. The molecular formula is C14H18FN5O. The molecule has 0 radical (unpaired) electrons. The van der Waals surface area contributed by atoms with E-state index in [1.165, 1.54) is 6.07 Å². The highest BCUT2D eigenvalue weighted by Gasteiger charge is 2.13. The van der Waals surface area contributed by atoms with Gasteiger partial charge in [0.25, 0.3) is 0 Å². The molecule has 7 heteroatoms. The summed E-state index contributed by atoms with van der Waals surface area (Å²) in [4.78, 5) is 15.9. The van der Waals surface area contributed by atoms with Crippen molar-refractivity contribution < 1.29 is 9.18 Å². The van der Waals surface area contributed by atoms with Gasteiger partial charge in [0.05, 0.1) is 6.04 Å². The van der Waals surface area contributed by atoms with E-state index in [1.807, 2.05) is 0 Å². The molecule has 1 aromatic heterocycles. The third kappa shape index (κ3) is 4.27. The highest BCUT2D eigenvalue weighted by molar-refractivity contribution is 5.74. The zero-order valence-corrected chi connectivity index (χ0v) is 12.0. The Labute approximate surface area is 122 Å². The maximum absolute atomic E-state index is 13.4. The molecule has 1 unspecified atom stereocenters. The Morgan fingerprint density at radius 2 is 2.19 bits per heavy atom. The fourth-order valence-corrected chi connectivity index (χ4v) is 1.88. The molecule has 1 heterocycles. The number of aromatic nitrogens is 3. The summed E-state index contributed by atoms with van der Waals surface area (Å²) in [6, 6.07) is 5.88. The lowest BCUT2D eigenvalue weighted by atomic mass is 10.1. The first kappa shape index (κ1) is 15.0. The van der Waals surface area contributed by atoms with Crippen molar-refractivity contribution in [3.8, 4) is 0 Å². The molecule has 1 aromatic carbocycles. The molecule has 112 valence electrons. The fraction of sp³-hybridized carbons (Fsp3) is 0.357. The van der Waals surface area contributed by atoms with Gasteiger partial charge in [0.2, 0.25) is 0 Å². The van der Waals surface area contributed by atoms with Gasteiger partial charge in [0.1, 0.15) is 11.6 Å². The normalized spacial score (nSPS) is 12.0. The third-order valence-electron chi connectivity index (χ3n) is 2.99. The molecule has 0 bridgehead atoms. The molecule has 2 amide bonds. The van der Waals surface area contributed by atoms with Crippen LogP contribution >= 0.6 is 0 Å². The van der Waals surface area contributed by atoms with E-state index in [2.05, 4.69) is 25.8 Å². The molecule has 2 rings (SSSR count). The van der Waals surface area contributed by atoms with Crippen molar-refractivity contribution in [2.45, 2.75) is 26.3 Å². The quantitative estimate of drug-likeness (QED) is 0.786. The van der Waals surface area contributed by atoms with Crippen LogP contribution < -0.4 is 10.6 Å². The van der Waals surface area contributed by atoms with Crippen LogP contribution in [0, 0.1) is 12.7 Å². The smallest absolute Gasteiger partial charge is 0.315 e. The minimum absolute atomic E-state index is 0.260. The molecule has 0 spiro atoms. The number of carbonyl (C=O) groups is 1. The number of hydrogen-bond acceptors (Lipinski definition) is 3. The molecule has 0 aliphatic rings. The Bertz CT molecular complexity index is 613. The number of hydrogen-bond donors (Lipinski definition) is 3. The Hall–Kier alpha value is -2.44. The van der Waals surface area contributed by atoms with E-state index < -0.39 is 0 Å². The summed E-state index contributed by atoms with van der Waals surface area (Å²) in [5.41, 5.74) is 0.579. The van der Waals surface area contributed by atoms with Gasteiger partial charge < -0.3 is 10.6 Å². The number of H-pyrrole nitrogens is 1. The number of urea groups is 1. The minimum Gasteiger partial charge on any atom is -0.338 e. The molecule has 0 fully saturated rings. The summed E-state index contributed by atoms with van der Waals surface area (Å²) in [6.07, 6.45) is 0.439. The van der Waals surface area contributed by atoms with E-state index in [1.54, 1.807) is 32.0 Å². The highest BCUT2D eigenvalue weighted by Crippen LogP contribution is 2.07. The average Bonchev–Trinajstić information content (AvgIpc) is 2.88. The van der Waals surface area contributed by atoms with Crippen molar-refractivity contribution in [3.63, 3.8) is 0 Å². The van der Waals surface area contributed by atoms with E-state index in [9.17, 15) is 9.18 Å². The second-order valence-corrected chi connectivity index (χ2v) is 4.74. The number of nitrogens with zero attached hydrogens (tertiary/aromatic N) is 2. The summed E-state index contributed by atoms with van der Waals surface area (Å²) in [5, 5.41) is 12.1. The molecule has 0 saturated heterocycles. The second-order valence-electron chi connectivity index (χ2n) is 4.74. The molecule has 1 atom stereocenters. The lowest BCUT2D eigenvalue weighted by Gasteiger charge is -2.11. The molecule has 6 nitrogen and oxygen atoms in total. The Balaban J connectivity index is 1.76. The van der Waals surface area contributed by atoms with Crippen LogP contribution in [0.1, 0.15) is 30.2 Å². The molecule has 0 aliphatic carbocycles. The molecule has 2 aromatic rings. The lowest BCUT2D eigenvalue weighted by molar-refractivity contribution is 0.237. The van der Waals surface area contributed by atoms with Crippen LogP contribution in [0.2, 0.25) is 0 Å². The molecule has 0 saturated carbocycles. The van der Waals surface area contributed by atoms with Crippen molar-refractivity contribution in [1.82, 2.24) is 25.8 Å². The van der Waals surface area contributed by atoms with E-state index in [-0.39, 0.29) is 17.9 Å². The average molecular weight is 291 g/mol. The van der Waals surface area contributed by atoms with E-state index in [0.29, 0.717) is 30.2 Å². The number of carbonyl (C=O) groups excluding carboxylic acids is 1. The number of amides is 2. The first-order valence-corrected chi connectivity index (χ1v) is 6.73. The van der Waals surface area contributed by atoms with Crippen LogP contribution in [0.5, 0.6) is 0 Å². The molecule has 0 aliphatic heterocycles. The van der Waals surface area contributed by atoms with Crippen LogP contribution in [0.3, 0.4) is 0 Å². The number of aromatic amines is 1. The predicted octanol–water partition coefficient (Wildman–Crippen LogP) is 1.86. The molecule has 3 N–H and O–H groups in total. The van der Waals surface area contributed by atoms with Crippen molar-refractivity contribution in [2.75, 3.05) is 6.54 Å². The zero-order chi connectivity index (χ0) is 15.2. The maximum Gasteiger partial charge on any atom is 0.315 e. The minimum atomic E-state index is -0.332. The van der Waals surface area contributed by atoms with E-state index >= 15 is 0 Å². The Morgan fingerprint density at radius 1 is 1.43 bits per heavy atom. The Morgan fingerprint density at radius 3 is 2.86 bits per heavy atom. The zero-order valence-electron chi connectivity index (χ0n) is 12.0. The number of nitrogens with one attached hydrogen (secondary N) is 3. The number of rotatable bonds is 5. The van der Waals surface area contributed by atoms with Crippen LogP contribution in [0.15, 0.2) is 24.3 Å². The maximum atomic E-state index is 13.4. The van der Waals surface area contributed by atoms with Gasteiger partial charge in [0, 0.05) is 6.54 Å². The predicted molar refractivity (Wildman–Crippen MR) is 76.2 cm³/mol. The summed E-state index contributed by atoms with van der Waals surface area (Å²) < 4.78 is 13.4. The molecular weight excluding hydrogens is 273 g/mol. The van der Waals surface area contributed by atoms with Crippen LogP contribution in [-0.4, -0.2) is 27.8 Å². The second kappa shape index (κ2) is 6.83. The lowest BCUT2D eigenvalue weighted by Crippen LogP contribution is -2.38. The van der Waals surface area contributed by atoms with Gasteiger partial charge in [0.15, 0.2) is 5.82 Å². The SMILES string of the molecule is Cc1nc(C(C)NC(=O)NCCc2ccccc2F)n[nH]1. The molecule has 21 heavy (non-hydrogen) atoms. The summed E-state index contributed by atoms with van der Waals surface area (Å²) in [7, 11) is 0. The van der Waals surface area contributed by atoms with Crippen LogP contribution in [0.4, 0.5) is 9.18 Å². The highest BCUT2D eigenvalue weighted by atomic mass is 19.1. The van der Waals surface area contributed by atoms with Crippen molar-refractivity contribution >= 4 is 6.03 Å². The largest absolute Gasteiger partial charge is 0.338 e. The van der Waals surface area contributed by atoms with Gasteiger partial charge in [-0.3, -0.25) is 5.10 Å². The fourth-order valence-electron chi connectivity index (χ4n) is 1.88. The number of benzene rings is 1. The van der Waals surface area contributed by atoms with E-state index in [0.717, 1.165) is 0 Å². The number of aryl methyl sites for hydroxylation is 1. The van der Waals surface area contributed by atoms with Gasteiger partial charge >= 0.3 is 6.03 Å². The first-order chi connectivity index (χ1) is 10.1. The van der Waals surface area contributed by atoms with E-state index in [4.69, 9.17) is 0 Å². The van der Waals surface area contributed by atoms with Gasteiger partial charge in [-0.1, -0.05) is 18.2 Å². The standard InChI is InChI=1S/C14H18FN5O/c1-9(13-18-10(2)19-20-13)17-14(21)16-8-7-11-5-3-4-6-12(11)15/h3-6,9H,7-8H2,1-2H3,(H2,16,17,21)(H,18,19,20). The van der Waals surface area contributed by atoms with Crippen molar-refractivity contribution in [3.05, 3.63) is 47.3 Å².